The van der Waals surface area contributed by atoms with E-state index in [1.165, 1.54) is 12.1 Å². The quantitative estimate of drug-likeness (QED) is 0.912. The third-order valence-electron chi connectivity index (χ3n) is 4.41. The van der Waals surface area contributed by atoms with E-state index < -0.39 is 11.7 Å². The molecule has 118 valence electrons. The first kappa shape index (κ1) is 16.3. The van der Waals surface area contributed by atoms with Crippen molar-refractivity contribution in [3.8, 4) is 0 Å². The molecule has 1 fully saturated rings. The fourth-order valence-electron chi connectivity index (χ4n) is 3.15. The summed E-state index contributed by atoms with van der Waals surface area (Å²) >= 11 is 0. The molecule has 2 rings (SSSR count). The Morgan fingerprint density at radius 3 is 2.43 bits per heavy atom. The molecule has 0 aromatic heterocycles. The molecule has 1 heterocycles. The van der Waals surface area contributed by atoms with Crippen LogP contribution in [0.25, 0.3) is 0 Å². The van der Waals surface area contributed by atoms with Crippen molar-refractivity contribution in [3.63, 3.8) is 0 Å². The van der Waals surface area contributed by atoms with Gasteiger partial charge in [0.15, 0.2) is 0 Å². The van der Waals surface area contributed by atoms with Crippen LogP contribution >= 0.6 is 0 Å². The fourth-order valence-corrected chi connectivity index (χ4v) is 3.15. The Labute approximate surface area is 124 Å². The Morgan fingerprint density at radius 2 is 1.86 bits per heavy atom. The SMILES string of the molecule is CNCC1CCN(C(C)c2ccccc2C(F)(F)F)CC1. The number of halogens is 3. The van der Waals surface area contributed by atoms with E-state index in [9.17, 15) is 13.2 Å². The summed E-state index contributed by atoms with van der Waals surface area (Å²) in [5, 5.41) is 3.17. The largest absolute Gasteiger partial charge is 0.416 e. The van der Waals surface area contributed by atoms with Gasteiger partial charge in [0, 0.05) is 6.04 Å². The molecule has 1 aromatic carbocycles. The van der Waals surface area contributed by atoms with Gasteiger partial charge < -0.3 is 5.32 Å². The molecule has 0 saturated carbocycles. The number of nitrogens with zero attached hydrogens (tertiary/aromatic N) is 1. The molecule has 0 amide bonds. The molecule has 5 heteroatoms. The minimum atomic E-state index is -4.28. The van der Waals surface area contributed by atoms with Crippen LogP contribution in [0.5, 0.6) is 0 Å². The average Bonchev–Trinajstić information content (AvgIpc) is 2.47. The van der Waals surface area contributed by atoms with Gasteiger partial charge in [0.05, 0.1) is 5.56 Å². The molecule has 1 aromatic rings. The lowest BCUT2D eigenvalue weighted by atomic mass is 9.93. The molecule has 0 bridgehead atoms. The Balaban J connectivity index is 2.09. The van der Waals surface area contributed by atoms with Gasteiger partial charge in [-0.2, -0.15) is 13.2 Å². The van der Waals surface area contributed by atoms with Crippen LogP contribution in [0.4, 0.5) is 13.2 Å². The highest BCUT2D eigenvalue weighted by Gasteiger charge is 2.35. The zero-order valence-electron chi connectivity index (χ0n) is 12.6. The van der Waals surface area contributed by atoms with Crippen molar-refractivity contribution in [2.24, 2.45) is 5.92 Å². The molecule has 21 heavy (non-hydrogen) atoms. The number of hydrogen-bond acceptors (Lipinski definition) is 2. The summed E-state index contributed by atoms with van der Waals surface area (Å²) < 4.78 is 39.3. The van der Waals surface area contributed by atoms with Crippen LogP contribution in [-0.4, -0.2) is 31.6 Å². The van der Waals surface area contributed by atoms with Crippen molar-refractivity contribution < 1.29 is 13.2 Å². The summed E-state index contributed by atoms with van der Waals surface area (Å²) in [5.41, 5.74) is -0.119. The normalized spacial score (nSPS) is 19.7. The minimum Gasteiger partial charge on any atom is -0.319 e. The van der Waals surface area contributed by atoms with Gasteiger partial charge in [0.25, 0.3) is 0 Å². The summed E-state index contributed by atoms with van der Waals surface area (Å²) in [4.78, 5) is 2.16. The van der Waals surface area contributed by atoms with Crippen LogP contribution in [0.15, 0.2) is 24.3 Å². The first-order valence-corrected chi connectivity index (χ1v) is 7.48. The van der Waals surface area contributed by atoms with E-state index in [2.05, 4.69) is 10.2 Å². The molecule has 1 saturated heterocycles. The summed E-state index contributed by atoms with van der Waals surface area (Å²) in [5.74, 6) is 0.635. The van der Waals surface area contributed by atoms with E-state index >= 15 is 0 Å². The summed E-state index contributed by atoms with van der Waals surface area (Å²) in [6.07, 6.45) is -2.20. The van der Waals surface area contributed by atoms with Crippen molar-refractivity contribution in [1.29, 1.82) is 0 Å². The lowest BCUT2D eigenvalue weighted by molar-refractivity contribution is -0.138. The van der Waals surface area contributed by atoms with Crippen molar-refractivity contribution in [3.05, 3.63) is 35.4 Å². The third kappa shape index (κ3) is 3.98. The standard InChI is InChI=1S/C16H23F3N2/c1-12(21-9-7-13(8-10-21)11-20-2)14-5-3-4-6-15(14)16(17,18)19/h3-6,12-13,20H,7-11H2,1-2H3. The molecular weight excluding hydrogens is 277 g/mol. The Kier molecular flexibility index (Phi) is 5.27. The number of piperidine rings is 1. The van der Waals surface area contributed by atoms with Crippen molar-refractivity contribution >= 4 is 0 Å². The van der Waals surface area contributed by atoms with Gasteiger partial charge in [-0.25, -0.2) is 0 Å². The summed E-state index contributed by atoms with van der Waals surface area (Å²) in [6, 6.07) is 5.73. The van der Waals surface area contributed by atoms with Crippen LogP contribution in [0.2, 0.25) is 0 Å². The predicted molar refractivity (Wildman–Crippen MR) is 78.1 cm³/mol. The van der Waals surface area contributed by atoms with Crippen molar-refractivity contribution in [2.75, 3.05) is 26.7 Å². The van der Waals surface area contributed by atoms with Gasteiger partial charge in [-0.05, 0) is 64.0 Å². The Hall–Kier alpha value is -1.07. The second-order valence-corrected chi connectivity index (χ2v) is 5.80. The van der Waals surface area contributed by atoms with Crippen LogP contribution in [0.1, 0.15) is 36.9 Å². The lowest BCUT2D eigenvalue weighted by Gasteiger charge is -2.37. The number of hydrogen-bond donors (Lipinski definition) is 1. The van der Waals surface area contributed by atoms with Crippen LogP contribution in [0.3, 0.4) is 0 Å². The van der Waals surface area contributed by atoms with Gasteiger partial charge in [-0.15, -0.1) is 0 Å². The molecule has 1 aliphatic rings. The van der Waals surface area contributed by atoms with Crippen molar-refractivity contribution in [1.82, 2.24) is 10.2 Å². The van der Waals surface area contributed by atoms with Crippen LogP contribution in [0, 0.1) is 5.92 Å². The van der Waals surface area contributed by atoms with E-state index in [0.29, 0.717) is 11.5 Å². The zero-order valence-corrected chi connectivity index (χ0v) is 12.6. The number of alkyl halides is 3. The van der Waals surface area contributed by atoms with E-state index in [-0.39, 0.29) is 6.04 Å². The number of likely N-dealkylation sites (tertiary alicyclic amines) is 1. The van der Waals surface area contributed by atoms with Gasteiger partial charge >= 0.3 is 6.18 Å². The van der Waals surface area contributed by atoms with E-state index in [1.807, 2.05) is 14.0 Å². The maximum atomic E-state index is 13.1. The zero-order chi connectivity index (χ0) is 15.5. The molecule has 0 aliphatic carbocycles. The van der Waals surface area contributed by atoms with Gasteiger partial charge in [-0.3, -0.25) is 4.90 Å². The third-order valence-corrected chi connectivity index (χ3v) is 4.41. The smallest absolute Gasteiger partial charge is 0.319 e. The Bertz CT molecular complexity index is 451. The van der Waals surface area contributed by atoms with Crippen LogP contribution < -0.4 is 5.32 Å². The molecule has 1 aliphatic heterocycles. The molecule has 1 N–H and O–H groups in total. The summed E-state index contributed by atoms with van der Waals surface area (Å²) in [6.45, 7) is 4.59. The van der Waals surface area contributed by atoms with E-state index in [4.69, 9.17) is 0 Å². The number of benzene rings is 1. The highest BCUT2D eigenvalue weighted by molar-refractivity contribution is 5.32. The average molecular weight is 300 g/mol. The van der Waals surface area contributed by atoms with E-state index in [1.54, 1.807) is 12.1 Å². The molecule has 0 radical (unpaired) electrons. The van der Waals surface area contributed by atoms with Gasteiger partial charge in [0.1, 0.15) is 0 Å². The monoisotopic (exact) mass is 300 g/mol. The van der Waals surface area contributed by atoms with Gasteiger partial charge in [0.2, 0.25) is 0 Å². The number of rotatable bonds is 4. The second kappa shape index (κ2) is 6.79. The van der Waals surface area contributed by atoms with E-state index in [0.717, 1.165) is 32.5 Å². The highest BCUT2D eigenvalue weighted by atomic mass is 19.4. The molecular formula is C16H23F3N2. The maximum Gasteiger partial charge on any atom is 0.416 e. The topological polar surface area (TPSA) is 15.3 Å². The van der Waals surface area contributed by atoms with Gasteiger partial charge in [-0.1, -0.05) is 18.2 Å². The first-order valence-electron chi connectivity index (χ1n) is 7.48. The fraction of sp³-hybridized carbons (Fsp3) is 0.625. The number of nitrogens with one attached hydrogen (secondary N) is 1. The molecule has 2 nitrogen and oxygen atoms in total. The summed E-state index contributed by atoms with van der Waals surface area (Å²) in [7, 11) is 1.94. The minimum absolute atomic E-state index is 0.196. The lowest BCUT2D eigenvalue weighted by Crippen LogP contribution is -2.38. The Morgan fingerprint density at radius 1 is 1.24 bits per heavy atom. The maximum absolute atomic E-state index is 13.1. The molecule has 1 unspecified atom stereocenters. The van der Waals surface area contributed by atoms with Crippen LogP contribution in [-0.2, 0) is 6.18 Å². The second-order valence-electron chi connectivity index (χ2n) is 5.80. The molecule has 0 spiro atoms. The predicted octanol–water partition coefficient (Wildman–Crippen LogP) is 3.70. The highest BCUT2D eigenvalue weighted by Crippen LogP contribution is 2.37. The first-order chi connectivity index (χ1) is 9.93. The van der Waals surface area contributed by atoms with Crippen molar-refractivity contribution in [2.45, 2.75) is 32.0 Å². The molecule has 1 atom stereocenters.